The zero-order valence-corrected chi connectivity index (χ0v) is 27.0. The fraction of sp³-hybridized carbons (Fsp3) is 0.190. The fourth-order valence-electron chi connectivity index (χ4n) is 6.09. The van der Waals surface area contributed by atoms with Crippen molar-refractivity contribution >= 4 is 45.3 Å². The molecule has 6 aromatic rings. The quantitative estimate of drug-likeness (QED) is 0.170. The van der Waals surface area contributed by atoms with Gasteiger partial charge in [-0.15, -0.1) is 0 Å². The van der Waals surface area contributed by atoms with Gasteiger partial charge in [0.1, 0.15) is 11.5 Å². The van der Waals surface area contributed by atoms with E-state index in [1.165, 1.54) is 0 Å². The Balaban J connectivity index is 1.56. The maximum absolute atomic E-state index is 11.2. The Morgan fingerprint density at radius 2 is 1.11 bits per heavy atom. The maximum atomic E-state index is 11.2. The summed E-state index contributed by atoms with van der Waals surface area (Å²) in [6.45, 7) is 8.43. The molecule has 0 radical (unpaired) electrons. The third-order valence-corrected chi connectivity index (χ3v) is 8.58. The van der Waals surface area contributed by atoms with Crippen LogP contribution in [0.5, 0.6) is 11.5 Å². The van der Waals surface area contributed by atoms with E-state index in [0.29, 0.717) is 11.1 Å². The molecule has 0 aliphatic heterocycles. The third-order valence-electron chi connectivity index (χ3n) is 8.58. The summed E-state index contributed by atoms with van der Waals surface area (Å²) in [7, 11) is 0. The molecule has 0 spiro atoms. The monoisotopic (exact) mass is 604 g/mol. The first-order chi connectivity index (χ1) is 22.3. The summed E-state index contributed by atoms with van der Waals surface area (Å²) < 4.78 is 0. The lowest BCUT2D eigenvalue weighted by molar-refractivity contribution is 0.446. The molecule has 6 rings (SSSR count). The number of aromatic hydroxyl groups is 2. The Labute approximate surface area is 271 Å². The number of hydrogen-bond donors (Lipinski definition) is 2. The van der Waals surface area contributed by atoms with Gasteiger partial charge in [-0.2, -0.15) is 0 Å². The number of phenolic OH excluding ortho intramolecular Hbond substituents is 2. The minimum atomic E-state index is -0.206. The predicted octanol–water partition coefficient (Wildman–Crippen LogP) is 11.2. The van der Waals surface area contributed by atoms with Crippen molar-refractivity contribution in [3.8, 4) is 22.6 Å². The first-order valence-electron chi connectivity index (χ1n) is 16.0. The number of nitrogens with zero attached hydrogens (tertiary/aromatic N) is 2. The molecule has 0 unspecified atom stereocenters. The second kappa shape index (κ2) is 13.0. The average molecular weight is 605 g/mol. The molecular formula is C42H40N2O2. The minimum absolute atomic E-state index is 0.206. The second-order valence-electron chi connectivity index (χ2n) is 12.8. The van der Waals surface area contributed by atoms with Crippen LogP contribution < -0.4 is 0 Å². The predicted molar refractivity (Wildman–Crippen MR) is 195 cm³/mol. The Morgan fingerprint density at radius 1 is 0.587 bits per heavy atom. The van der Waals surface area contributed by atoms with E-state index in [-0.39, 0.29) is 16.9 Å². The number of unbranched alkanes of at least 4 members (excludes halogenated alkanes) is 1. The second-order valence-corrected chi connectivity index (χ2v) is 12.8. The van der Waals surface area contributed by atoms with Gasteiger partial charge in [-0.25, -0.2) is 0 Å². The number of benzene rings is 6. The molecule has 0 aromatic heterocycles. The van der Waals surface area contributed by atoms with Gasteiger partial charge in [0.05, 0.1) is 11.4 Å². The zero-order chi connectivity index (χ0) is 32.3. The highest BCUT2D eigenvalue weighted by Gasteiger charge is 2.20. The molecular weight excluding hydrogens is 564 g/mol. The van der Waals surface area contributed by atoms with Gasteiger partial charge >= 0.3 is 0 Å². The van der Waals surface area contributed by atoms with E-state index in [9.17, 15) is 10.2 Å². The summed E-state index contributed by atoms with van der Waals surface area (Å²) in [6.07, 6.45) is 6.44. The molecule has 0 saturated heterocycles. The molecule has 0 fully saturated rings. The van der Waals surface area contributed by atoms with Crippen molar-refractivity contribution in [1.82, 2.24) is 0 Å². The van der Waals surface area contributed by atoms with Gasteiger partial charge in [-0.05, 0) is 75.2 Å². The number of aliphatic imine (C=N–C) groups is 2. The maximum Gasteiger partial charge on any atom is 0.128 e. The molecule has 0 aliphatic carbocycles. The van der Waals surface area contributed by atoms with Crippen LogP contribution in [0, 0.1) is 0 Å². The van der Waals surface area contributed by atoms with Gasteiger partial charge in [0, 0.05) is 34.7 Å². The minimum Gasteiger partial charge on any atom is -0.507 e. The molecule has 0 heterocycles. The van der Waals surface area contributed by atoms with E-state index in [0.717, 1.165) is 74.4 Å². The van der Waals surface area contributed by atoms with E-state index in [2.05, 4.69) is 64.1 Å². The van der Waals surface area contributed by atoms with Crippen LogP contribution in [0.3, 0.4) is 0 Å². The zero-order valence-electron chi connectivity index (χ0n) is 27.0. The topological polar surface area (TPSA) is 65.2 Å². The smallest absolute Gasteiger partial charge is 0.128 e. The molecule has 46 heavy (non-hydrogen) atoms. The van der Waals surface area contributed by atoms with Gasteiger partial charge in [0.25, 0.3) is 0 Å². The third kappa shape index (κ3) is 6.16. The van der Waals surface area contributed by atoms with Crippen molar-refractivity contribution < 1.29 is 10.2 Å². The Morgan fingerprint density at radius 3 is 1.65 bits per heavy atom. The van der Waals surface area contributed by atoms with Crippen molar-refractivity contribution in [3.05, 3.63) is 131 Å². The van der Waals surface area contributed by atoms with Gasteiger partial charge in [0.2, 0.25) is 0 Å². The van der Waals surface area contributed by atoms with E-state index in [1.807, 2.05) is 72.8 Å². The van der Waals surface area contributed by atoms with E-state index in [1.54, 1.807) is 12.4 Å². The highest BCUT2D eigenvalue weighted by Crippen LogP contribution is 2.46. The highest BCUT2D eigenvalue weighted by molar-refractivity contribution is 6.13. The van der Waals surface area contributed by atoms with Gasteiger partial charge in [0.15, 0.2) is 0 Å². The lowest BCUT2D eigenvalue weighted by Crippen LogP contribution is -2.11. The molecule has 6 aromatic carbocycles. The summed E-state index contributed by atoms with van der Waals surface area (Å²) in [5.74, 6) is 0.535. The summed E-state index contributed by atoms with van der Waals surface area (Å²) in [5.41, 5.74) is 6.45. The number of phenols is 2. The molecule has 4 heteroatoms. The van der Waals surface area contributed by atoms with Crippen LogP contribution in [0.2, 0.25) is 0 Å². The molecule has 4 nitrogen and oxygen atoms in total. The van der Waals surface area contributed by atoms with Gasteiger partial charge in [-0.3, -0.25) is 9.98 Å². The molecule has 0 atom stereocenters. The molecule has 0 bridgehead atoms. The van der Waals surface area contributed by atoms with Crippen molar-refractivity contribution in [3.63, 3.8) is 0 Å². The van der Waals surface area contributed by atoms with Crippen molar-refractivity contribution in [2.45, 2.75) is 52.4 Å². The summed E-state index contributed by atoms with van der Waals surface area (Å²) in [6, 6.07) is 36.6. The number of fused-ring (bicyclic) bond motifs is 2. The first kappa shape index (κ1) is 30.8. The van der Waals surface area contributed by atoms with Crippen LogP contribution in [0.25, 0.3) is 32.7 Å². The molecule has 0 aliphatic rings. The largest absolute Gasteiger partial charge is 0.507 e. The van der Waals surface area contributed by atoms with E-state index in [4.69, 9.17) is 9.98 Å². The Kier molecular flexibility index (Phi) is 8.72. The van der Waals surface area contributed by atoms with Crippen LogP contribution in [-0.2, 0) is 11.8 Å². The lowest BCUT2D eigenvalue weighted by atomic mass is 9.85. The number of hydrogen-bond acceptors (Lipinski definition) is 4. The van der Waals surface area contributed by atoms with Crippen LogP contribution in [-0.4, -0.2) is 22.6 Å². The van der Waals surface area contributed by atoms with Gasteiger partial charge < -0.3 is 10.2 Å². The van der Waals surface area contributed by atoms with Gasteiger partial charge in [-0.1, -0.05) is 119 Å². The standard InChI is InChI=1S/C42H40N2O2/c1-5-6-13-30-16-11-17-31(40(30)45)26-43-36-24-22-28-14-7-9-19-33(28)38(36)39-34-20-10-8-15-29(34)23-25-37(39)44-27-32-18-12-21-35(41(32)46)42(2,3)4/h7-12,14-27,45-46H,5-6,13H2,1-4H3. The summed E-state index contributed by atoms with van der Waals surface area (Å²) in [4.78, 5) is 10.1. The van der Waals surface area contributed by atoms with Crippen LogP contribution in [0.15, 0.2) is 119 Å². The fourth-order valence-corrected chi connectivity index (χ4v) is 6.09. The number of para-hydroxylation sites is 2. The Hall–Kier alpha value is -5.22. The Bertz CT molecular complexity index is 2100. The average Bonchev–Trinajstić information content (AvgIpc) is 3.06. The molecule has 230 valence electrons. The molecule has 2 N–H and O–H groups in total. The van der Waals surface area contributed by atoms with E-state index < -0.39 is 0 Å². The normalized spacial score (nSPS) is 12.2. The van der Waals surface area contributed by atoms with Crippen LogP contribution in [0.4, 0.5) is 11.4 Å². The number of aryl methyl sites for hydroxylation is 1. The lowest BCUT2D eigenvalue weighted by Gasteiger charge is -2.21. The van der Waals surface area contributed by atoms with E-state index >= 15 is 0 Å². The van der Waals surface area contributed by atoms with Crippen molar-refractivity contribution in [1.29, 1.82) is 0 Å². The van der Waals surface area contributed by atoms with Crippen LogP contribution in [0.1, 0.15) is 62.8 Å². The summed E-state index contributed by atoms with van der Waals surface area (Å²) >= 11 is 0. The first-order valence-corrected chi connectivity index (χ1v) is 16.0. The van der Waals surface area contributed by atoms with Crippen molar-refractivity contribution in [2.75, 3.05) is 0 Å². The molecule has 0 amide bonds. The highest BCUT2D eigenvalue weighted by atomic mass is 16.3. The number of rotatable bonds is 8. The summed E-state index contributed by atoms with van der Waals surface area (Å²) in [5, 5.41) is 26.6. The van der Waals surface area contributed by atoms with Crippen LogP contribution >= 0.6 is 0 Å². The van der Waals surface area contributed by atoms with Crippen molar-refractivity contribution in [2.24, 2.45) is 9.98 Å². The SMILES string of the molecule is CCCCc1cccc(C=Nc2ccc3ccccc3c2-c2c(N=Cc3cccc(C(C)(C)C)c3O)ccc3ccccc23)c1O. The molecule has 0 saturated carbocycles.